The molecule has 0 unspecified atom stereocenters. The van der Waals surface area contributed by atoms with E-state index < -0.39 is 5.97 Å². The van der Waals surface area contributed by atoms with Gasteiger partial charge < -0.3 is 5.11 Å². The van der Waals surface area contributed by atoms with Gasteiger partial charge >= 0.3 is 5.97 Å². The summed E-state index contributed by atoms with van der Waals surface area (Å²) in [6.45, 7) is 5.86. The fourth-order valence-corrected chi connectivity index (χ4v) is 2.54. The number of nitrogens with zero attached hydrogens (tertiary/aromatic N) is 1. The van der Waals surface area contributed by atoms with Crippen LogP contribution in [0, 0.1) is 6.92 Å². The number of pyridine rings is 1. The average Bonchev–Trinajstić information content (AvgIpc) is 2.27. The molecule has 2 aromatic rings. The third kappa shape index (κ3) is 2.12. The van der Waals surface area contributed by atoms with Gasteiger partial charge in [0.15, 0.2) is 0 Å². The van der Waals surface area contributed by atoms with Gasteiger partial charge in [-0.15, -0.1) is 0 Å². The van der Waals surface area contributed by atoms with Gasteiger partial charge in [0.25, 0.3) is 0 Å². The summed E-state index contributed by atoms with van der Waals surface area (Å²) in [6.07, 6.45) is 0. The summed E-state index contributed by atoms with van der Waals surface area (Å²) in [7, 11) is 0. The van der Waals surface area contributed by atoms with Crippen LogP contribution in [0.3, 0.4) is 0 Å². The van der Waals surface area contributed by atoms with Crippen LogP contribution in [0.2, 0.25) is 0 Å². The highest BCUT2D eigenvalue weighted by atomic mass is 79.9. The number of fused-ring (bicyclic) bond motifs is 1. The molecule has 18 heavy (non-hydrogen) atoms. The Morgan fingerprint density at radius 2 is 2.06 bits per heavy atom. The molecule has 1 aromatic carbocycles. The van der Waals surface area contributed by atoms with Gasteiger partial charge in [-0.3, -0.25) is 4.98 Å². The molecule has 0 saturated carbocycles. The van der Waals surface area contributed by atoms with Crippen molar-refractivity contribution in [3.63, 3.8) is 0 Å². The lowest BCUT2D eigenvalue weighted by Crippen LogP contribution is -2.07. The van der Waals surface area contributed by atoms with Gasteiger partial charge in [0.1, 0.15) is 0 Å². The summed E-state index contributed by atoms with van der Waals surface area (Å²) in [6, 6.07) is 5.49. The first-order valence-electron chi connectivity index (χ1n) is 5.75. The van der Waals surface area contributed by atoms with Crippen LogP contribution >= 0.6 is 15.9 Å². The number of benzene rings is 1. The molecule has 0 bridgehead atoms. The number of halogens is 1. The molecule has 0 spiro atoms. The van der Waals surface area contributed by atoms with Crippen molar-refractivity contribution in [2.45, 2.75) is 26.7 Å². The smallest absolute Gasteiger partial charge is 0.336 e. The van der Waals surface area contributed by atoms with Crippen molar-refractivity contribution < 1.29 is 9.90 Å². The van der Waals surface area contributed by atoms with Crippen LogP contribution in [0.4, 0.5) is 0 Å². The molecule has 3 nitrogen and oxygen atoms in total. The maximum absolute atomic E-state index is 11.5. The van der Waals surface area contributed by atoms with Crippen LogP contribution in [0.5, 0.6) is 0 Å². The summed E-state index contributed by atoms with van der Waals surface area (Å²) < 4.78 is 0.900. The number of carboxylic acid groups (broad SMARTS) is 1. The Hall–Kier alpha value is -1.42. The normalized spacial score (nSPS) is 11.2. The van der Waals surface area contributed by atoms with E-state index in [0.29, 0.717) is 10.9 Å². The highest BCUT2D eigenvalue weighted by Gasteiger charge is 2.18. The number of aromatic nitrogens is 1. The first-order chi connectivity index (χ1) is 8.41. The van der Waals surface area contributed by atoms with Crippen LogP contribution in [0.1, 0.15) is 41.4 Å². The molecule has 0 aliphatic heterocycles. The Morgan fingerprint density at radius 3 is 2.61 bits per heavy atom. The molecule has 0 amide bonds. The van der Waals surface area contributed by atoms with E-state index in [1.54, 1.807) is 6.07 Å². The fourth-order valence-electron chi connectivity index (χ4n) is 2.19. The fraction of sp³-hybridized carbons (Fsp3) is 0.286. The van der Waals surface area contributed by atoms with Gasteiger partial charge in [0.2, 0.25) is 0 Å². The van der Waals surface area contributed by atoms with Crippen LogP contribution in [-0.4, -0.2) is 16.1 Å². The van der Waals surface area contributed by atoms with Gasteiger partial charge in [-0.05, 0) is 30.5 Å². The molecule has 1 N–H and O–H groups in total. The molecule has 0 fully saturated rings. The molecule has 1 heterocycles. The van der Waals surface area contributed by atoms with E-state index in [-0.39, 0.29) is 5.92 Å². The average molecular weight is 308 g/mol. The number of hydrogen-bond acceptors (Lipinski definition) is 2. The lowest BCUT2D eigenvalue weighted by molar-refractivity contribution is 0.0698. The number of carbonyl (C=O) groups is 1. The molecule has 1 aromatic heterocycles. The van der Waals surface area contributed by atoms with Crippen LogP contribution in [0.15, 0.2) is 22.7 Å². The maximum Gasteiger partial charge on any atom is 0.336 e. The molecule has 94 valence electrons. The number of rotatable bonds is 2. The minimum atomic E-state index is -0.899. The lowest BCUT2D eigenvalue weighted by atomic mass is 9.96. The standard InChI is InChI=1S/C14H14BrNO2/c1-7(2)13-8(3)12(14(17)18)10-5-4-9(15)6-11(10)16-13/h4-7H,1-3H3,(H,17,18). The predicted molar refractivity (Wildman–Crippen MR) is 75.2 cm³/mol. The van der Waals surface area contributed by atoms with Crippen molar-refractivity contribution in [2.24, 2.45) is 0 Å². The third-order valence-corrected chi connectivity index (χ3v) is 3.48. The molecule has 0 saturated heterocycles. The number of hydrogen-bond donors (Lipinski definition) is 1. The predicted octanol–water partition coefficient (Wildman–Crippen LogP) is 4.13. The first-order valence-corrected chi connectivity index (χ1v) is 6.54. The Balaban J connectivity index is 2.92. The molecular weight excluding hydrogens is 294 g/mol. The zero-order chi connectivity index (χ0) is 13.4. The van der Waals surface area contributed by atoms with E-state index in [9.17, 15) is 9.90 Å². The van der Waals surface area contributed by atoms with E-state index in [4.69, 9.17) is 0 Å². The second-order valence-electron chi connectivity index (χ2n) is 4.62. The van der Waals surface area contributed by atoms with E-state index in [2.05, 4.69) is 20.9 Å². The van der Waals surface area contributed by atoms with Gasteiger partial charge in [-0.1, -0.05) is 35.8 Å². The Morgan fingerprint density at radius 1 is 1.39 bits per heavy atom. The van der Waals surface area contributed by atoms with Gasteiger partial charge in [0.05, 0.1) is 11.1 Å². The monoisotopic (exact) mass is 307 g/mol. The molecular formula is C14H14BrNO2. The van der Waals surface area contributed by atoms with Crippen LogP contribution in [0.25, 0.3) is 10.9 Å². The van der Waals surface area contributed by atoms with Crippen molar-refractivity contribution >= 4 is 32.8 Å². The minimum Gasteiger partial charge on any atom is -0.478 e. The quantitative estimate of drug-likeness (QED) is 0.907. The molecule has 4 heteroatoms. The van der Waals surface area contributed by atoms with Crippen molar-refractivity contribution in [2.75, 3.05) is 0 Å². The summed E-state index contributed by atoms with van der Waals surface area (Å²) in [4.78, 5) is 16.0. The van der Waals surface area contributed by atoms with Gasteiger partial charge in [0, 0.05) is 15.6 Å². The van der Waals surface area contributed by atoms with Gasteiger partial charge in [-0.2, -0.15) is 0 Å². The Labute approximate surface area is 114 Å². The summed E-state index contributed by atoms with van der Waals surface area (Å²) >= 11 is 3.39. The highest BCUT2D eigenvalue weighted by molar-refractivity contribution is 9.10. The maximum atomic E-state index is 11.5. The van der Waals surface area contributed by atoms with Crippen molar-refractivity contribution in [1.82, 2.24) is 4.98 Å². The second-order valence-corrected chi connectivity index (χ2v) is 5.53. The van der Waals surface area contributed by atoms with Crippen LogP contribution in [-0.2, 0) is 0 Å². The lowest BCUT2D eigenvalue weighted by Gasteiger charge is -2.14. The van der Waals surface area contributed by atoms with E-state index in [1.807, 2.05) is 32.9 Å². The van der Waals surface area contributed by atoms with Crippen LogP contribution < -0.4 is 0 Å². The number of carboxylic acids is 1. The molecule has 0 atom stereocenters. The largest absolute Gasteiger partial charge is 0.478 e. The summed E-state index contributed by atoms with van der Waals surface area (Å²) in [5.74, 6) is -0.699. The zero-order valence-electron chi connectivity index (χ0n) is 10.5. The van der Waals surface area contributed by atoms with E-state index in [0.717, 1.165) is 21.2 Å². The molecule has 0 aliphatic carbocycles. The topological polar surface area (TPSA) is 50.2 Å². The van der Waals surface area contributed by atoms with E-state index >= 15 is 0 Å². The second kappa shape index (κ2) is 4.69. The molecule has 0 radical (unpaired) electrons. The molecule has 2 rings (SSSR count). The van der Waals surface area contributed by atoms with Crippen molar-refractivity contribution in [3.8, 4) is 0 Å². The Bertz CT molecular complexity index is 635. The SMILES string of the molecule is Cc1c(C(C)C)nc2cc(Br)ccc2c1C(=O)O. The third-order valence-electron chi connectivity index (χ3n) is 2.99. The summed E-state index contributed by atoms with van der Waals surface area (Å²) in [5, 5.41) is 10.1. The minimum absolute atomic E-state index is 0.200. The first kappa shape index (κ1) is 13.0. The summed E-state index contributed by atoms with van der Waals surface area (Å²) in [5.41, 5.74) is 2.68. The van der Waals surface area contributed by atoms with Crippen molar-refractivity contribution in [1.29, 1.82) is 0 Å². The Kier molecular flexibility index (Phi) is 3.39. The van der Waals surface area contributed by atoms with E-state index in [1.165, 1.54) is 0 Å². The highest BCUT2D eigenvalue weighted by Crippen LogP contribution is 2.28. The number of aromatic carboxylic acids is 1. The van der Waals surface area contributed by atoms with Gasteiger partial charge in [-0.25, -0.2) is 4.79 Å². The zero-order valence-corrected chi connectivity index (χ0v) is 12.1. The molecule has 0 aliphatic rings. The van der Waals surface area contributed by atoms with Crippen molar-refractivity contribution in [3.05, 3.63) is 39.5 Å².